The van der Waals surface area contributed by atoms with E-state index in [0.717, 1.165) is 55.8 Å². The highest BCUT2D eigenvalue weighted by Crippen LogP contribution is 2.38. The van der Waals surface area contributed by atoms with Gasteiger partial charge in [-0.05, 0) is 164 Å². The minimum absolute atomic E-state index is 0.00750. The number of hydrogen-bond acceptors (Lipinski definition) is 19. The van der Waals surface area contributed by atoms with Crippen LogP contribution in [0, 0.1) is 41.4 Å². The van der Waals surface area contributed by atoms with Crippen LogP contribution in [0.1, 0.15) is 177 Å². The van der Waals surface area contributed by atoms with Gasteiger partial charge in [-0.1, -0.05) is 71.0 Å². The van der Waals surface area contributed by atoms with Gasteiger partial charge in [-0.15, -0.1) is 0 Å². The average molecular weight is 1260 g/mol. The molecule has 4 saturated heterocycles. The van der Waals surface area contributed by atoms with E-state index >= 15 is 0 Å². The fourth-order valence-corrected chi connectivity index (χ4v) is 14.3. The highest BCUT2D eigenvalue weighted by Gasteiger charge is 2.53. The predicted molar refractivity (Wildman–Crippen MR) is 344 cm³/mol. The molecule has 21 nitrogen and oxygen atoms in total. The molecule has 2 bridgehead atoms. The van der Waals surface area contributed by atoms with Crippen LogP contribution in [0.2, 0.25) is 0 Å². The number of ether oxygens (including phenoxy) is 5. The molecule has 7 rings (SSSR count). The topological polar surface area (TPSA) is 264 Å². The van der Waals surface area contributed by atoms with Crippen LogP contribution >= 0.6 is 0 Å². The van der Waals surface area contributed by atoms with E-state index in [4.69, 9.17) is 28.5 Å². The van der Waals surface area contributed by atoms with Crippen molar-refractivity contribution in [2.45, 2.75) is 244 Å². The number of allylic oxidation sites excluding steroid dienone is 3. The Morgan fingerprint density at radius 3 is 2.19 bits per heavy atom. The fourth-order valence-electron chi connectivity index (χ4n) is 14.3. The van der Waals surface area contributed by atoms with Gasteiger partial charge in [0.1, 0.15) is 24.4 Å². The standard InChI is InChI=1S/C69H111N7O14/c1-43-25-30-74(31-26-43)53-27-32-75(33-28-53)68-71-40-52(41-72-68)39-70-61(79)42-88-73-62-48(6)34-46(4)44(2)16-12-13-17-45(3)59(85-9)38-55-22-19-50(8)69(84,90-55)65(81)66(82)76-29-15-14-18-56(76)67(83)89-54(23-20-51-21-24-57(77)60(36-51)86-10)37-58(78)47(5)35-49(7)63(80)64(62)87-11/h12-13,17,35,40-41,43-44,46-48,50-51,53-60,63-64,77-78,80,84H,14-16,18-34,36-39,42H2,1-11H3,(H,70,79)/b13-12?,45-17?,49-35+,73-62+/t44?,46-,47+,48+,50+,51+,54+,55-,56-,57+,58+,59-,60+,63+,64-,69+/m0/s1. The first-order valence-corrected chi connectivity index (χ1v) is 33.9. The first-order chi connectivity index (χ1) is 43.0. The summed E-state index contributed by atoms with van der Waals surface area (Å²) in [6.45, 7) is 20.0. The number of aromatic nitrogens is 2. The summed E-state index contributed by atoms with van der Waals surface area (Å²) in [5, 5.41) is 54.5. The van der Waals surface area contributed by atoms with Crippen molar-refractivity contribution in [3.8, 4) is 0 Å². The van der Waals surface area contributed by atoms with Crippen molar-refractivity contribution in [3.05, 3.63) is 53.4 Å². The summed E-state index contributed by atoms with van der Waals surface area (Å²) in [6, 6.07) is -0.520. The third-order valence-electron chi connectivity index (χ3n) is 20.9. The number of Topliss-reactive ketones (excluding diaryl/α,β-unsaturated/α-hetero) is 1. The van der Waals surface area contributed by atoms with Crippen LogP contribution < -0.4 is 10.2 Å². The van der Waals surface area contributed by atoms with Gasteiger partial charge in [0.25, 0.3) is 17.6 Å². The number of carbonyl (C=O) groups is 4. The van der Waals surface area contributed by atoms with Crippen LogP contribution in [-0.4, -0.2) is 197 Å². The number of esters is 1. The van der Waals surface area contributed by atoms with Crippen molar-refractivity contribution in [2.24, 2.45) is 46.6 Å². The lowest BCUT2D eigenvalue weighted by molar-refractivity contribution is -0.265. The minimum Gasteiger partial charge on any atom is -0.461 e. The fraction of sp³-hybridized carbons (Fsp3) is 0.783. The van der Waals surface area contributed by atoms with Crippen LogP contribution in [-0.2, 0) is 54.2 Å². The lowest BCUT2D eigenvalue weighted by atomic mass is 9.81. The van der Waals surface area contributed by atoms with Crippen LogP contribution in [0.25, 0.3) is 0 Å². The monoisotopic (exact) mass is 1260 g/mol. The maximum Gasteiger partial charge on any atom is 0.329 e. The average Bonchev–Trinajstić information content (AvgIpc) is 1.12. The SMILES string of the molecule is CO[C@H]1C[C@@H]2CC[C@@H](C)[C@@](O)(O2)C(=O)C(=O)N2CCCC[C@H]2C(=O)O[C@H](CC[C@@H]2CC[C@@H](O)[C@H](OC)C2)C[C@@H](O)[C@H](C)/C=C(\C)[C@@H](O)[C@@H](OC)/C(=N/OCC(=O)NCc2cnc(N3CCC(N4CCC(C)CC4)CC3)nc2)[C@H](C)C[C@H](C)C(C)CC=CC=C1C. The molecule has 16 atom stereocenters. The number of anilines is 1. The number of methoxy groups -OCH3 is 3. The number of oxime groups is 1. The Morgan fingerprint density at radius 1 is 0.778 bits per heavy atom. The third-order valence-corrected chi connectivity index (χ3v) is 20.9. The number of aliphatic hydroxyl groups is 4. The van der Waals surface area contributed by atoms with Gasteiger partial charge in [0.05, 0.1) is 36.2 Å². The number of ketones is 1. The first kappa shape index (κ1) is 72.7. The van der Waals surface area contributed by atoms with E-state index in [1.807, 2.05) is 32.9 Å². The van der Waals surface area contributed by atoms with Gasteiger partial charge in [0, 0.05) is 102 Å². The number of hydrogen-bond donors (Lipinski definition) is 5. The second-order valence-electron chi connectivity index (χ2n) is 27.6. The van der Waals surface area contributed by atoms with Crippen LogP contribution in [0.3, 0.4) is 0 Å². The molecular weight excluding hydrogens is 1150 g/mol. The van der Waals surface area contributed by atoms with E-state index in [1.165, 1.54) is 37.9 Å². The number of cyclic esters (lactones) is 1. The smallest absolute Gasteiger partial charge is 0.329 e. The summed E-state index contributed by atoms with van der Waals surface area (Å²) in [4.78, 5) is 78.0. The lowest BCUT2D eigenvalue weighted by Crippen LogP contribution is -2.60. The second-order valence-corrected chi connectivity index (χ2v) is 27.6. The van der Waals surface area contributed by atoms with Crippen molar-refractivity contribution in [3.63, 3.8) is 0 Å². The largest absolute Gasteiger partial charge is 0.461 e. The maximum absolute atomic E-state index is 14.6. The van der Waals surface area contributed by atoms with Crippen molar-refractivity contribution < 1.29 is 68.1 Å². The highest BCUT2D eigenvalue weighted by atomic mass is 16.6. The molecule has 1 aliphatic carbocycles. The van der Waals surface area contributed by atoms with Crippen molar-refractivity contribution in [1.29, 1.82) is 0 Å². The van der Waals surface area contributed by atoms with E-state index in [2.05, 4.69) is 57.1 Å². The molecule has 1 aromatic heterocycles. The summed E-state index contributed by atoms with van der Waals surface area (Å²) in [5.74, 6) is -5.30. The van der Waals surface area contributed by atoms with Gasteiger partial charge >= 0.3 is 5.97 Å². The van der Waals surface area contributed by atoms with Gasteiger partial charge in [-0.2, -0.15) is 0 Å². The van der Waals surface area contributed by atoms with E-state index in [1.54, 1.807) is 46.5 Å². The second kappa shape index (κ2) is 35.0. The number of rotatable bonds is 13. The third kappa shape index (κ3) is 19.9. The Hall–Kier alpha value is -4.71. The predicted octanol–water partition coefficient (Wildman–Crippen LogP) is 7.81. The molecule has 5 N–H and O–H groups in total. The number of nitrogens with one attached hydrogen (secondary N) is 1. The molecule has 21 heteroatoms. The van der Waals surface area contributed by atoms with Gasteiger partial charge < -0.3 is 69.0 Å². The number of aliphatic hydroxyl groups excluding tert-OH is 3. The number of nitrogens with zero attached hydrogens (tertiary/aromatic N) is 6. The molecule has 5 fully saturated rings. The molecule has 2 amide bonds. The molecule has 6 aliphatic rings. The van der Waals surface area contributed by atoms with E-state index < -0.39 is 96.6 Å². The number of carbonyl (C=O) groups excluding carboxylic acids is 4. The number of fused-ring (bicyclic) bond motifs is 3. The van der Waals surface area contributed by atoms with Crippen LogP contribution in [0.4, 0.5) is 5.95 Å². The van der Waals surface area contributed by atoms with Crippen molar-refractivity contribution in [2.75, 3.05) is 65.6 Å². The Balaban J connectivity index is 1.09. The molecule has 0 spiro atoms. The zero-order chi connectivity index (χ0) is 65.2. The first-order valence-electron chi connectivity index (χ1n) is 33.9. The molecule has 1 saturated carbocycles. The van der Waals surface area contributed by atoms with Crippen molar-refractivity contribution in [1.82, 2.24) is 25.1 Å². The summed E-state index contributed by atoms with van der Waals surface area (Å²) in [6.07, 6.45) is 16.8. The van der Waals surface area contributed by atoms with E-state index in [9.17, 15) is 39.6 Å². The molecule has 0 aromatic carbocycles. The Kier molecular flexibility index (Phi) is 28.3. The molecular formula is C69H111N7O14. The maximum atomic E-state index is 14.6. The molecule has 1 aromatic rings. The van der Waals surface area contributed by atoms with E-state index in [-0.39, 0.29) is 55.7 Å². The molecule has 0 radical (unpaired) electrons. The molecule has 506 valence electrons. The number of amides is 2. The molecule has 90 heavy (non-hydrogen) atoms. The van der Waals surface area contributed by atoms with Gasteiger partial charge in [0.15, 0.2) is 6.61 Å². The lowest BCUT2D eigenvalue weighted by Gasteiger charge is -2.42. The Morgan fingerprint density at radius 2 is 1.50 bits per heavy atom. The van der Waals surface area contributed by atoms with Gasteiger partial charge in [-0.25, -0.2) is 14.8 Å². The molecule has 1 unspecified atom stereocenters. The van der Waals surface area contributed by atoms with Crippen molar-refractivity contribution >= 4 is 35.2 Å². The number of piperidine rings is 3. The molecule has 5 aliphatic heterocycles. The Bertz CT molecular complexity index is 2570. The summed E-state index contributed by atoms with van der Waals surface area (Å²) in [5.41, 5.74) is 2.54. The zero-order valence-electron chi connectivity index (χ0n) is 56.0. The molecule has 6 heterocycles. The summed E-state index contributed by atoms with van der Waals surface area (Å²) < 4.78 is 30.2. The summed E-state index contributed by atoms with van der Waals surface area (Å²) in [7, 11) is 4.67. The summed E-state index contributed by atoms with van der Waals surface area (Å²) >= 11 is 0. The highest BCUT2D eigenvalue weighted by molar-refractivity contribution is 6.39. The zero-order valence-corrected chi connectivity index (χ0v) is 56.0. The number of likely N-dealkylation sites (tertiary alicyclic amines) is 1. The van der Waals surface area contributed by atoms with Gasteiger partial charge in [0.2, 0.25) is 11.7 Å². The quantitative estimate of drug-likeness (QED) is 0.0546. The normalized spacial score (nSPS) is 35.7. The minimum atomic E-state index is -2.43. The van der Waals surface area contributed by atoms with Gasteiger partial charge in [-0.3, -0.25) is 14.4 Å². The van der Waals surface area contributed by atoms with E-state index in [0.29, 0.717) is 87.5 Å². The van der Waals surface area contributed by atoms with Crippen LogP contribution in [0.15, 0.2) is 53.0 Å². The Labute approximate surface area is 536 Å². The van der Waals surface area contributed by atoms with Crippen LogP contribution in [0.5, 0.6) is 0 Å².